The molecule has 104 valence electrons. The Balaban J connectivity index is 2.15. The zero-order valence-electron chi connectivity index (χ0n) is 10.5. The van der Waals surface area contributed by atoms with Crippen LogP contribution in [0.5, 0.6) is 0 Å². The highest BCUT2D eigenvalue weighted by molar-refractivity contribution is 5.75. The van der Waals surface area contributed by atoms with E-state index in [1.54, 1.807) is 6.92 Å². The van der Waals surface area contributed by atoms with Gasteiger partial charge in [0, 0.05) is 6.54 Å². The summed E-state index contributed by atoms with van der Waals surface area (Å²) in [6.07, 6.45) is -1.53. The van der Waals surface area contributed by atoms with E-state index in [-0.39, 0.29) is 6.54 Å². The van der Waals surface area contributed by atoms with Crippen molar-refractivity contribution in [2.24, 2.45) is 11.7 Å². The second-order valence-corrected chi connectivity index (χ2v) is 4.94. The molecule has 2 aliphatic rings. The first-order chi connectivity index (χ1) is 8.37. The number of hydrogen-bond donors (Lipinski definition) is 2. The fourth-order valence-corrected chi connectivity index (χ4v) is 2.50. The van der Waals surface area contributed by atoms with Gasteiger partial charge in [-0.05, 0) is 12.8 Å². The van der Waals surface area contributed by atoms with E-state index in [1.807, 2.05) is 0 Å². The van der Waals surface area contributed by atoms with Gasteiger partial charge in [0.1, 0.15) is 0 Å². The van der Waals surface area contributed by atoms with Crippen LogP contribution >= 0.6 is 0 Å². The number of nitrogens with zero attached hydrogens (tertiary/aromatic N) is 1. The Bertz CT molecular complexity index is 340. The Morgan fingerprint density at radius 2 is 2.28 bits per heavy atom. The van der Waals surface area contributed by atoms with Crippen LogP contribution in [0.15, 0.2) is 0 Å². The summed E-state index contributed by atoms with van der Waals surface area (Å²) in [7, 11) is 0. The van der Waals surface area contributed by atoms with Gasteiger partial charge >= 0.3 is 6.03 Å². The molecule has 0 aromatic carbocycles. The van der Waals surface area contributed by atoms with Gasteiger partial charge in [-0.25, -0.2) is 13.6 Å². The number of nitrogens with two attached hydrogens (primary N) is 1. The lowest BCUT2D eigenvalue weighted by Gasteiger charge is -2.37. The fraction of sp³-hybridized carbons (Fsp3) is 0.909. The van der Waals surface area contributed by atoms with Gasteiger partial charge in [-0.1, -0.05) is 13.8 Å². The van der Waals surface area contributed by atoms with Crippen molar-refractivity contribution in [3.05, 3.63) is 0 Å². The monoisotopic (exact) mass is 263 g/mol. The number of ether oxygens (including phenoxy) is 1. The predicted molar refractivity (Wildman–Crippen MR) is 60.9 cm³/mol. The molecule has 2 heterocycles. The number of alkyl halides is 2. The summed E-state index contributed by atoms with van der Waals surface area (Å²) in [5, 5.41) is 2.44. The Labute approximate surface area is 105 Å². The van der Waals surface area contributed by atoms with E-state index in [2.05, 4.69) is 5.32 Å². The van der Waals surface area contributed by atoms with Crippen molar-refractivity contribution in [1.82, 2.24) is 10.2 Å². The molecule has 2 rings (SSSR count). The largest absolute Gasteiger partial charge is 0.348 e. The van der Waals surface area contributed by atoms with Crippen molar-refractivity contribution in [2.45, 2.75) is 51.1 Å². The van der Waals surface area contributed by atoms with E-state index >= 15 is 0 Å². The molecule has 2 aliphatic heterocycles. The number of halogens is 2. The average Bonchev–Trinajstić information content (AvgIpc) is 2.52. The van der Waals surface area contributed by atoms with Crippen LogP contribution in [0, 0.1) is 5.92 Å². The summed E-state index contributed by atoms with van der Waals surface area (Å²) in [5.74, 6) is -3.92. The lowest BCUT2D eigenvalue weighted by Crippen LogP contribution is -2.61. The molecule has 0 spiro atoms. The molecule has 4 atom stereocenters. The van der Waals surface area contributed by atoms with Crippen LogP contribution in [-0.2, 0) is 4.74 Å². The standard InChI is InChI=1S/C11H19F2N3O2/c1-3-7-6(2)11(12,13)9(18-7)16-5-4-8(14)15-10(16)17/h6-9H,3-5,14H2,1-2H3,(H,15,17)/t6-,7-,8?,9-/m1/s1. The molecule has 2 fully saturated rings. The first-order valence-corrected chi connectivity index (χ1v) is 6.24. The molecular weight excluding hydrogens is 244 g/mol. The minimum atomic E-state index is -3.03. The van der Waals surface area contributed by atoms with E-state index < -0.39 is 36.4 Å². The number of urea groups is 1. The number of carbonyl (C=O) groups excluding carboxylic acids is 1. The molecule has 0 saturated carbocycles. The maximum Gasteiger partial charge on any atom is 0.320 e. The third kappa shape index (κ3) is 2.05. The van der Waals surface area contributed by atoms with Gasteiger partial charge in [-0.15, -0.1) is 0 Å². The first kappa shape index (κ1) is 13.5. The van der Waals surface area contributed by atoms with E-state index in [4.69, 9.17) is 10.5 Å². The molecule has 0 aromatic heterocycles. The van der Waals surface area contributed by atoms with Gasteiger partial charge in [0.25, 0.3) is 5.92 Å². The number of amides is 2. The second kappa shape index (κ2) is 4.62. The number of nitrogens with one attached hydrogen (secondary N) is 1. The molecule has 18 heavy (non-hydrogen) atoms. The molecule has 0 aromatic rings. The summed E-state index contributed by atoms with van der Waals surface area (Å²) in [4.78, 5) is 12.8. The van der Waals surface area contributed by atoms with E-state index in [1.165, 1.54) is 6.92 Å². The molecule has 2 saturated heterocycles. The zero-order valence-corrected chi connectivity index (χ0v) is 10.5. The third-order valence-electron chi connectivity index (χ3n) is 3.73. The zero-order chi connectivity index (χ0) is 13.5. The highest BCUT2D eigenvalue weighted by atomic mass is 19.3. The quantitative estimate of drug-likeness (QED) is 0.783. The average molecular weight is 263 g/mol. The van der Waals surface area contributed by atoms with Gasteiger partial charge in [0.05, 0.1) is 18.2 Å². The lowest BCUT2D eigenvalue weighted by molar-refractivity contribution is -0.145. The Kier molecular flexibility index (Phi) is 3.46. The summed E-state index contributed by atoms with van der Waals surface area (Å²) in [5.41, 5.74) is 5.55. The molecule has 0 radical (unpaired) electrons. The molecule has 2 amide bonds. The molecular formula is C11H19F2N3O2. The number of carbonyl (C=O) groups is 1. The minimum absolute atomic E-state index is 0.191. The molecule has 1 unspecified atom stereocenters. The first-order valence-electron chi connectivity index (χ1n) is 6.24. The van der Waals surface area contributed by atoms with E-state index in [9.17, 15) is 13.6 Å². The van der Waals surface area contributed by atoms with Crippen LogP contribution in [0.4, 0.5) is 13.6 Å². The highest BCUT2D eigenvalue weighted by Crippen LogP contribution is 2.43. The van der Waals surface area contributed by atoms with Gasteiger partial charge in [0.15, 0.2) is 6.23 Å². The van der Waals surface area contributed by atoms with Gasteiger partial charge < -0.3 is 15.8 Å². The normalized spacial score (nSPS) is 39.8. The van der Waals surface area contributed by atoms with Crippen LogP contribution in [0.1, 0.15) is 26.7 Å². The van der Waals surface area contributed by atoms with Crippen molar-refractivity contribution in [3.63, 3.8) is 0 Å². The second-order valence-electron chi connectivity index (χ2n) is 4.94. The lowest BCUT2D eigenvalue weighted by atomic mass is 9.97. The predicted octanol–water partition coefficient (Wildman–Crippen LogP) is 1.09. The summed E-state index contributed by atoms with van der Waals surface area (Å²) < 4.78 is 33.6. The van der Waals surface area contributed by atoms with Crippen molar-refractivity contribution >= 4 is 6.03 Å². The molecule has 0 aliphatic carbocycles. The topological polar surface area (TPSA) is 67.6 Å². The Hall–Kier alpha value is -0.950. The van der Waals surface area contributed by atoms with Crippen molar-refractivity contribution < 1.29 is 18.3 Å². The summed E-state index contributed by atoms with van der Waals surface area (Å²) in [6, 6.07) is -0.581. The Morgan fingerprint density at radius 1 is 1.61 bits per heavy atom. The van der Waals surface area contributed by atoms with E-state index in [0.29, 0.717) is 12.8 Å². The van der Waals surface area contributed by atoms with Crippen LogP contribution < -0.4 is 11.1 Å². The molecule has 3 N–H and O–H groups in total. The SMILES string of the molecule is CC[C@H]1O[C@@H](N2CCC(N)NC2=O)C(F)(F)[C@@H]1C. The van der Waals surface area contributed by atoms with Crippen molar-refractivity contribution in [2.75, 3.05) is 6.54 Å². The smallest absolute Gasteiger partial charge is 0.320 e. The Morgan fingerprint density at radius 3 is 2.78 bits per heavy atom. The van der Waals surface area contributed by atoms with Gasteiger partial charge in [-0.3, -0.25) is 4.90 Å². The van der Waals surface area contributed by atoms with Crippen molar-refractivity contribution in [3.8, 4) is 0 Å². The molecule has 7 heteroatoms. The maximum absolute atomic E-state index is 14.1. The minimum Gasteiger partial charge on any atom is -0.348 e. The molecule has 0 bridgehead atoms. The summed E-state index contributed by atoms with van der Waals surface area (Å²) in [6.45, 7) is 3.45. The maximum atomic E-state index is 14.1. The van der Waals surface area contributed by atoms with Gasteiger partial charge in [-0.2, -0.15) is 0 Å². The van der Waals surface area contributed by atoms with E-state index in [0.717, 1.165) is 4.90 Å². The van der Waals surface area contributed by atoms with Gasteiger partial charge in [0.2, 0.25) is 0 Å². The number of rotatable bonds is 2. The van der Waals surface area contributed by atoms with Crippen LogP contribution in [0.3, 0.4) is 0 Å². The molecule has 5 nitrogen and oxygen atoms in total. The van der Waals surface area contributed by atoms with Crippen LogP contribution in [-0.4, -0.2) is 41.9 Å². The van der Waals surface area contributed by atoms with Crippen molar-refractivity contribution in [1.29, 1.82) is 0 Å². The van der Waals surface area contributed by atoms with Crippen LogP contribution in [0.25, 0.3) is 0 Å². The highest BCUT2D eigenvalue weighted by Gasteiger charge is 2.59. The summed E-state index contributed by atoms with van der Waals surface area (Å²) >= 11 is 0. The fourth-order valence-electron chi connectivity index (χ4n) is 2.50. The number of hydrogen-bond acceptors (Lipinski definition) is 3. The third-order valence-corrected chi connectivity index (χ3v) is 3.73. The van der Waals surface area contributed by atoms with Crippen LogP contribution in [0.2, 0.25) is 0 Å².